The van der Waals surface area contributed by atoms with Crippen molar-refractivity contribution in [3.8, 4) is 0 Å². The van der Waals surface area contributed by atoms with Crippen molar-refractivity contribution in [1.82, 2.24) is 20.1 Å². The number of amides is 1. The largest absolute Gasteiger partial charge is 0.338 e. The summed E-state index contributed by atoms with van der Waals surface area (Å²) in [4.78, 5) is 18.8. The predicted octanol–water partition coefficient (Wildman–Crippen LogP) is 2.39. The molecular weight excluding hydrogens is 276 g/mol. The average molecular weight is 294 g/mol. The molecule has 0 radical (unpaired) electrons. The molecule has 2 aromatic rings. The van der Waals surface area contributed by atoms with E-state index >= 15 is 0 Å². The minimum absolute atomic E-state index is 0.124. The molecule has 1 amide bonds. The van der Waals surface area contributed by atoms with E-state index in [9.17, 15) is 4.79 Å². The summed E-state index contributed by atoms with van der Waals surface area (Å²) in [7, 11) is 0. The number of rotatable bonds is 2. The van der Waals surface area contributed by atoms with Gasteiger partial charge in [0.25, 0.3) is 5.91 Å². The molecule has 0 saturated carbocycles. The molecule has 0 spiro atoms. The quantitative estimate of drug-likeness (QED) is 0.925. The molecule has 1 aliphatic carbocycles. The van der Waals surface area contributed by atoms with Crippen LogP contribution in [0.2, 0.25) is 0 Å². The molecule has 4 rings (SSSR count). The van der Waals surface area contributed by atoms with Gasteiger partial charge < -0.3 is 4.90 Å². The van der Waals surface area contributed by atoms with Crippen LogP contribution in [0.4, 0.5) is 0 Å². The number of aromatic nitrogens is 3. The number of carbonyl (C=O) groups is 1. The molecule has 1 N–H and O–H groups in total. The van der Waals surface area contributed by atoms with Gasteiger partial charge in [0, 0.05) is 24.6 Å². The first-order valence-electron chi connectivity index (χ1n) is 7.75. The predicted molar refractivity (Wildman–Crippen MR) is 83.4 cm³/mol. The van der Waals surface area contributed by atoms with Crippen molar-refractivity contribution in [1.29, 1.82) is 0 Å². The van der Waals surface area contributed by atoms with Crippen LogP contribution in [0.3, 0.4) is 0 Å². The highest BCUT2D eigenvalue weighted by atomic mass is 16.2. The number of likely N-dealkylation sites (tertiary alicyclic amines) is 1. The Hall–Kier alpha value is -2.43. The molecule has 1 atom stereocenters. The van der Waals surface area contributed by atoms with Crippen molar-refractivity contribution in [2.24, 2.45) is 0 Å². The Bertz CT molecular complexity index is 720. The van der Waals surface area contributed by atoms with Gasteiger partial charge in [0.2, 0.25) is 0 Å². The fourth-order valence-electron chi connectivity index (χ4n) is 3.33. The molecule has 1 aromatic heterocycles. The molecule has 1 aromatic carbocycles. The van der Waals surface area contributed by atoms with Crippen LogP contribution in [0.15, 0.2) is 30.6 Å². The molecule has 1 fully saturated rings. The van der Waals surface area contributed by atoms with E-state index in [1.54, 1.807) is 0 Å². The molecule has 5 nitrogen and oxygen atoms in total. The van der Waals surface area contributed by atoms with E-state index in [0.29, 0.717) is 6.54 Å². The Balaban J connectivity index is 1.52. The highest BCUT2D eigenvalue weighted by molar-refractivity contribution is 5.95. The Labute approximate surface area is 129 Å². The molecule has 1 saturated heterocycles. The molecule has 22 heavy (non-hydrogen) atoms. The summed E-state index contributed by atoms with van der Waals surface area (Å²) in [6, 6.07) is 6.06. The highest BCUT2D eigenvalue weighted by Crippen LogP contribution is 2.27. The SMILES string of the molecule is O=C(c1ccc2c(c1)CCC=C2)N1CCC(c2ncn[nH]2)C1. The number of aryl methyl sites for hydroxylation is 1. The van der Waals surface area contributed by atoms with E-state index in [0.717, 1.165) is 37.2 Å². The number of aromatic amines is 1. The average Bonchev–Trinajstić information content (AvgIpc) is 3.24. The molecule has 2 aliphatic rings. The normalized spacial score (nSPS) is 20.2. The van der Waals surface area contributed by atoms with Crippen LogP contribution >= 0.6 is 0 Å². The van der Waals surface area contributed by atoms with Gasteiger partial charge in [-0.1, -0.05) is 18.2 Å². The van der Waals surface area contributed by atoms with Gasteiger partial charge in [-0.15, -0.1) is 0 Å². The Kier molecular flexibility index (Phi) is 3.25. The Morgan fingerprint density at radius 3 is 3.18 bits per heavy atom. The number of allylic oxidation sites excluding steroid dienone is 1. The lowest BCUT2D eigenvalue weighted by Crippen LogP contribution is -2.28. The van der Waals surface area contributed by atoms with Crippen molar-refractivity contribution in [3.05, 3.63) is 53.1 Å². The zero-order valence-electron chi connectivity index (χ0n) is 12.3. The number of nitrogens with zero attached hydrogens (tertiary/aromatic N) is 3. The van der Waals surface area contributed by atoms with Crippen molar-refractivity contribution in [3.63, 3.8) is 0 Å². The van der Waals surface area contributed by atoms with Crippen molar-refractivity contribution >= 4 is 12.0 Å². The van der Waals surface area contributed by atoms with Gasteiger partial charge >= 0.3 is 0 Å². The lowest BCUT2D eigenvalue weighted by atomic mass is 9.95. The number of benzene rings is 1. The van der Waals surface area contributed by atoms with Crippen LogP contribution in [0.1, 0.15) is 46.1 Å². The van der Waals surface area contributed by atoms with Gasteiger partial charge in [-0.05, 0) is 42.5 Å². The fraction of sp³-hybridized carbons (Fsp3) is 0.353. The third-order valence-electron chi connectivity index (χ3n) is 4.56. The van der Waals surface area contributed by atoms with Crippen LogP contribution in [-0.2, 0) is 6.42 Å². The number of hydrogen-bond acceptors (Lipinski definition) is 3. The summed E-state index contributed by atoms with van der Waals surface area (Å²) in [5, 5.41) is 6.81. The third kappa shape index (κ3) is 2.32. The number of hydrogen-bond donors (Lipinski definition) is 1. The first-order chi connectivity index (χ1) is 10.8. The van der Waals surface area contributed by atoms with Crippen LogP contribution < -0.4 is 0 Å². The van der Waals surface area contributed by atoms with Crippen LogP contribution in [0.25, 0.3) is 6.08 Å². The standard InChI is InChI=1S/C17H18N4O/c22-17(14-6-5-12-3-1-2-4-13(12)9-14)21-8-7-15(10-21)16-18-11-19-20-16/h1,3,5-6,9,11,15H,2,4,7-8,10H2,(H,18,19,20). The maximum absolute atomic E-state index is 12.7. The summed E-state index contributed by atoms with van der Waals surface area (Å²) in [6.07, 6.45) is 8.87. The summed E-state index contributed by atoms with van der Waals surface area (Å²) < 4.78 is 0. The van der Waals surface area contributed by atoms with Gasteiger partial charge in [-0.2, -0.15) is 5.10 Å². The number of carbonyl (C=O) groups excluding carboxylic acids is 1. The molecular formula is C17H18N4O. The van der Waals surface area contributed by atoms with Crippen LogP contribution in [0, 0.1) is 0 Å². The lowest BCUT2D eigenvalue weighted by molar-refractivity contribution is 0.0790. The zero-order valence-corrected chi connectivity index (χ0v) is 12.3. The minimum Gasteiger partial charge on any atom is -0.338 e. The maximum Gasteiger partial charge on any atom is 0.253 e. The maximum atomic E-state index is 12.7. The number of nitrogens with one attached hydrogen (secondary N) is 1. The smallest absolute Gasteiger partial charge is 0.253 e. The lowest BCUT2D eigenvalue weighted by Gasteiger charge is -2.18. The van der Waals surface area contributed by atoms with Crippen molar-refractivity contribution in [2.45, 2.75) is 25.2 Å². The van der Waals surface area contributed by atoms with Crippen LogP contribution in [-0.4, -0.2) is 39.1 Å². The third-order valence-corrected chi connectivity index (χ3v) is 4.56. The van der Waals surface area contributed by atoms with E-state index in [1.807, 2.05) is 11.0 Å². The molecule has 112 valence electrons. The second-order valence-corrected chi connectivity index (χ2v) is 5.96. The van der Waals surface area contributed by atoms with Gasteiger partial charge in [0.15, 0.2) is 0 Å². The van der Waals surface area contributed by atoms with E-state index in [-0.39, 0.29) is 11.8 Å². The van der Waals surface area contributed by atoms with Crippen molar-refractivity contribution in [2.75, 3.05) is 13.1 Å². The second kappa shape index (κ2) is 5.40. The van der Waals surface area contributed by atoms with Gasteiger partial charge in [0.05, 0.1) is 0 Å². The van der Waals surface area contributed by atoms with E-state index in [2.05, 4.69) is 39.5 Å². The van der Waals surface area contributed by atoms with Crippen LogP contribution in [0.5, 0.6) is 0 Å². The van der Waals surface area contributed by atoms with Gasteiger partial charge in [-0.25, -0.2) is 4.98 Å². The molecule has 5 heteroatoms. The summed E-state index contributed by atoms with van der Waals surface area (Å²) in [6.45, 7) is 1.49. The minimum atomic E-state index is 0.124. The fourth-order valence-corrected chi connectivity index (χ4v) is 3.33. The first kappa shape index (κ1) is 13.2. The zero-order chi connectivity index (χ0) is 14.9. The van der Waals surface area contributed by atoms with Gasteiger partial charge in [0.1, 0.15) is 12.2 Å². The Morgan fingerprint density at radius 2 is 2.32 bits per heavy atom. The molecule has 2 heterocycles. The number of fused-ring (bicyclic) bond motifs is 1. The van der Waals surface area contributed by atoms with E-state index < -0.39 is 0 Å². The number of H-pyrrole nitrogens is 1. The first-order valence-corrected chi connectivity index (χ1v) is 7.75. The van der Waals surface area contributed by atoms with E-state index in [1.165, 1.54) is 17.5 Å². The summed E-state index contributed by atoms with van der Waals surface area (Å²) >= 11 is 0. The summed E-state index contributed by atoms with van der Waals surface area (Å²) in [5.41, 5.74) is 3.32. The van der Waals surface area contributed by atoms with Gasteiger partial charge in [-0.3, -0.25) is 9.89 Å². The monoisotopic (exact) mass is 294 g/mol. The molecule has 0 bridgehead atoms. The van der Waals surface area contributed by atoms with E-state index in [4.69, 9.17) is 0 Å². The second-order valence-electron chi connectivity index (χ2n) is 5.96. The van der Waals surface area contributed by atoms with Crippen molar-refractivity contribution < 1.29 is 4.79 Å². The Morgan fingerprint density at radius 1 is 1.36 bits per heavy atom. The topological polar surface area (TPSA) is 61.9 Å². The molecule has 1 unspecified atom stereocenters. The molecule has 1 aliphatic heterocycles. The summed E-state index contributed by atoms with van der Waals surface area (Å²) in [5.74, 6) is 1.28. The highest BCUT2D eigenvalue weighted by Gasteiger charge is 2.29.